The molecule has 2 heteroatoms. The molecule has 0 fully saturated rings. The molecule has 0 atom stereocenters. The largest absolute Gasteiger partial charge is 0.150 e. The van der Waals surface area contributed by atoms with Gasteiger partial charge >= 0.3 is 0 Å². The van der Waals surface area contributed by atoms with Crippen molar-refractivity contribution in [3.05, 3.63) is 20.8 Å². The molecule has 0 saturated heterocycles. The predicted octanol–water partition coefficient (Wildman–Crippen LogP) is 7.56. The summed E-state index contributed by atoms with van der Waals surface area (Å²) in [7, 11) is 0. The van der Waals surface area contributed by atoms with Gasteiger partial charge in [0.1, 0.15) is 0 Å². The molecule has 0 unspecified atom stereocenters. The molecule has 1 aromatic heterocycles. The Kier molecular flexibility index (Phi) is 12.0. The van der Waals surface area contributed by atoms with Crippen LogP contribution in [0.4, 0.5) is 0 Å². The highest BCUT2D eigenvalue weighted by Gasteiger charge is 1.95. The van der Waals surface area contributed by atoms with Gasteiger partial charge in [0.25, 0.3) is 0 Å². The third kappa shape index (κ3) is 10.1. The average molecular weight is 369 g/mol. The van der Waals surface area contributed by atoms with E-state index in [0.717, 1.165) is 16.5 Å². The summed E-state index contributed by atoms with van der Waals surface area (Å²) in [5.74, 6) is 6.53. The van der Waals surface area contributed by atoms with E-state index < -0.39 is 0 Å². The van der Waals surface area contributed by atoms with Crippen molar-refractivity contribution < 1.29 is 0 Å². The predicted molar refractivity (Wildman–Crippen MR) is 100.0 cm³/mol. The Bertz CT molecular complexity index is 411. The first-order chi connectivity index (χ1) is 10.3. The fourth-order valence-corrected chi connectivity index (χ4v) is 3.73. The molecule has 1 aromatic rings. The van der Waals surface area contributed by atoms with Gasteiger partial charge in [0, 0.05) is 27.2 Å². The molecule has 0 aliphatic heterocycles. The first kappa shape index (κ1) is 18.8. The molecule has 0 amide bonds. The van der Waals surface area contributed by atoms with Crippen molar-refractivity contribution in [1.82, 2.24) is 0 Å². The molecular weight excluding hydrogens is 340 g/mol. The number of hydrogen-bond donors (Lipinski definition) is 0. The molecule has 0 bridgehead atoms. The lowest BCUT2D eigenvalue weighted by Crippen LogP contribution is -1.82. The second-order valence-corrected chi connectivity index (χ2v) is 7.32. The van der Waals surface area contributed by atoms with Crippen LogP contribution in [0.2, 0.25) is 0 Å². The number of rotatable bonds is 11. The molecule has 1 rings (SSSR count). The highest BCUT2D eigenvalue weighted by atomic mass is 79.9. The standard InChI is InChI=1S/C19H29BrS/c1-2-3-4-5-6-7-8-9-10-11-12-13-14-15-18-16-21-17-19(18)20/h16-17H,2-13H2,1H3. The molecule has 0 nitrogen and oxygen atoms in total. The van der Waals surface area contributed by atoms with Gasteiger partial charge in [0.15, 0.2) is 0 Å². The van der Waals surface area contributed by atoms with E-state index >= 15 is 0 Å². The monoisotopic (exact) mass is 368 g/mol. The molecule has 0 radical (unpaired) electrons. The van der Waals surface area contributed by atoms with E-state index in [2.05, 4.69) is 45.5 Å². The second-order valence-electron chi connectivity index (χ2n) is 5.72. The SMILES string of the molecule is CCCCCCCCCCCCCC#Cc1cscc1Br. The summed E-state index contributed by atoms with van der Waals surface area (Å²) in [6.07, 6.45) is 16.4. The van der Waals surface area contributed by atoms with E-state index in [1.54, 1.807) is 11.3 Å². The third-order valence-electron chi connectivity index (χ3n) is 3.74. The molecule has 0 N–H and O–H groups in total. The summed E-state index contributed by atoms with van der Waals surface area (Å²) in [4.78, 5) is 0. The van der Waals surface area contributed by atoms with E-state index in [0.29, 0.717) is 0 Å². The summed E-state index contributed by atoms with van der Waals surface area (Å²) in [5, 5.41) is 4.20. The van der Waals surface area contributed by atoms with Crippen LogP contribution in [0.15, 0.2) is 15.2 Å². The summed E-state index contributed by atoms with van der Waals surface area (Å²) in [6.45, 7) is 2.28. The Hall–Kier alpha value is -0.260. The fourth-order valence-electron chi connectivity index (χ4n) is 2.41. The quantitative estimate of drug-likeness (QED) is 0.279. The lowest BCUT2D eigenvalue weighted by atomic mass is 10.1. The summed E-state index contributed by atoms with van der Waals surface area (Å²) in [5.41, 5.74) is 1.14. The van der Waals surface area contributed by atoms with Crippen LogP contribution in [-0.2, 0) is 0 Å². The van der Waals surface area contributed by atoms with Gasteiger partial charge in [-0.15, -0.1) is 11.3 Å². The maximum atomic E-state index is 3.51. The molecule has 21 heavy (non-hydrogen) atoms. The summed E-state index contributed by atoms with van der Waals surface area (Å²) >= 11 is 5.21. The van der Waals surface area contributed by atoms with Gasteiger partial charge in [-0.25, -0.2) is 0 Å². The highest BCUT2D eigenvalue weighted by molar-refractivity contribution is 9.10. The lowest BCUT2D eigenvalue weighted by molar-refractivity contribution is 0.551. The minimum absolute atomic E-state index is 1.04. The Morgan fingerprint density at radius 1 is 0.857 bits per heavy atom. The zero-order valence-electron chi connectivity index (χ0n) is 13.4. The number of halogens is 1. The van der Waals surface area contributed by atoms with E-state index in [4.69, 9.17) is 0 Å². The van der Waals surface area contributed by atoms with E-state index in [1.807, 2.05) is 0 Å². The molecule has 0 aliphatic carbocycles. The van der Waals surface area contributed by atoms with Crippen LogP contribution in [0.3, 0.4) is 0 Å². The maximum Gasteiger partial charge on any atom is 0.0494 e. The number of unbranched alkanes of at least 4 members (excludes halogenated alkanes) is 11. The molecule has 0 aliphatic rings. The van der Waals surface area contributed by atoms with E-state index in [-0.39, 0.29) is 0 Å². The van der Waals surface area contributed by atoms with Gasteiger partial charge in [0.2, 0.25) is 0 Å². The highest BCUT2D eigenvalue weighted by Crippen LogP contribution is 2.20. The minimum Gasteiger partial charge on any atom is -0.150 e. The molecule has 118 valence electrons. The molecule has 0 aromatic carbocycles. The third-order valence-corrected chi connectivity index (χ3v) is 5.45. The summed E-state index contributed by atoms with van der Waals surface area (Å²) in [6, 6.07) is 0. The van der Waals surface area contributed by atoms with Gasteiger partial charge in [0.05, 0.1) is 0 Å². The minimum atomic E-state index is 1.04. The van der Waals surface area contributed by atoms with E-state index in [9.17, 15) is 0 Å². The molecule has 0 spiro atoms. The first-order valence-electron chi connectivity index (χ1n) is 8.55. The van der Waals surface area contributed by atoms with Crippen molar-refractivity contribution in [2.24, 2.45) is 0 Å². The van der Waals surface area contributed by atoms with Crippen molar-refractivity contribution in [3.63, 3.8) is 0 Å². The van der Waals surface area contributed by atoms with Gasteiger partial charge in [-0.3, -0.25) is 0 Å². The van der Waals surface area contributed by atoms with Crippen molar-refractivity contribution in [1.29, 1.82) is 0 Å². The van der Waals surface area contributed by atoms with Gasteiger partial charge in [-0.2, -0.15) is 0 Å². The Labute approximate surface area is 143 Å². The van der Waals surface area contributed by atoms with Crippen LogP contribution < -0.4 is 0 Å². The van der Waals surface area contributed by atoms with Crippen molar-refractivity contribution in [2.45, 2.75) is 84.0 Å². The first-order valence-corrected chi connectivity index (χ1v) is 10.3. The van der Waals surface area contributed by atoms with Gasteiger partial charge in [-0.1, -0.05) is 83.0 Å². The maximum absolute atomic E-state index is 3.51. The lowest BCUT2D eigenvalue weighted by Gasteiger charge is -2.01. The average Bonchev–Trinajstić information content (AvgIpc) is 2.89. The zero-order chi connectivity index (χ0) is 15.2. The van der Waals surface area contributed by atoms with Crippen LogP contribution >= 0.6 is 27.3 Å². The molecule has 1 heterocycles. The van der Waals surface area contributed by atoms with Crippen LogP contribution in [0.5, 0.6) is 0 Å². The fraction of sp³-hybridized carbons (Fsp3) is 0.684. The van der Waals surface area contributed by atoms with Crippen molar-refractivity contribution in [3.8, 4) is 11.8 Å². The number of thiophene rings is 1. The second kappa shape index (κ2) is 13.4. The topological polar surface area (TPSA) is 0 Å². The van der Waals surface area contributed by atoms with Gasteiger partial charge in [-0.05, 0) is 22.4 Å². The summed E-state index contributed by atoms with van der Waals surface area (Å²) < 4.78 is 1.14. The smallest absolute Gasteiger partial charge is 0.0494 e. The Morgan fingerprint density at radius 3 is 1.95 bits per heavy atom. The van der Waals surface area contributed by atoms with Crippen LogP contribution in [0, 0.1) is 11.8 Å². The Morgan fingerprint density at radius 2 is 1.43 bits per heavy atom. The van der Waals surface area contributed by atoms with E-state index in [1.165, 1.54) is 70.6 Å². The van der Waals surface area contributed by atoms with Crippen LogP contribution in [0.25, 0.3) is 0 Å². The van der Waals surface area contributed by atoms with Crippen molar-refractivity contribution in [2.75, 3.05) is 0 Å². The number of hydrogen-bond acceptors (Lipinski definition) is 1. The van der Waals surface area contributed by atoms with Crippen LogP contribution in [0.1, 0.15) is 89.5 Å². The van der Waals surface area contributed by atoms with Crippen LogP contribution in [-0.4, -0.2) is 0 Å². The molecular formula is C19H29BrS. The molecule has 0 saturated carbocycles. The van der Waals surface area contributed by atoms with Crippen molar-refractivity contribution >= 4 is 27.3 Å². The normalized spacial score (nSPS) is 10.4. The Balaban J connectivity index is 1.85. The zero-order valence-corrected chi connectivity index (χ0v) is 15.8. The van der Waals surface area contributed by atoms with Gasteiger partial charge < -0.3 is 0 Å².